The Morgan fingerprint density at radius 2 is 1.54 bits per heavy atom. The highest BCUT2D eigenvalue weighted by atomic mass is 16.2. The molecule has 0 radical (unpaired) electrons. The Kier molecular flexibility index (Phi) is 4.99. The molecule has 0 unspecified atom stereocenters. The van der Waals surface area contributed by atoms with Gasteiger partial charge in [0.2, 0.25) is 0 Å². The SMILES string of the molecule is Cc1ccc(N2C(=O)c3ccc(C(=O)NC4CCCCCC4)cc3C2=O)cc1. The first-order valence-corrected chi connectivity index (χ1v) is 9.95. The molecule has 144 valence electrons. The molecule has 1 fully saturated rings. The number of benzene rings is 2. The van der Waals surface area contributed by atoms with Gasteiger partial charge in [-0.25, -0.2) is 4.90 Å². The van der Waals surface area contributed by atoms with Crippen molar-refractivity contribution in [3.05, 3.63) is 64.7 Å². The molecule has 28 heavy (non-hydrogen) atoms. The molecule has 3 amide bonds. The van der Waals surface area contributed by atoms with Gasteiger partial charge < -0.3 is 5.32 Å². The van der Waals surface area contributed by atoms with Crippen LogP contribution in [-0.2, 0) is 0 Å². The summed E-state index contributed by atoms with van der Waals surface area (Å²) in [5.74, 6) is -0.906. The van der Waals surface area contributed by atoms with Crippen molar-refractivity contribution in [1.29, 1.82) is 0 Å². The standard InChI is InChI=1S/C23H24N2O3/c1-15-8-11-18(12-9-15)25-22(27)19-13-10-16(14-20(19)23(25)28)21(26)24-17-6-4-2-3-5-7-17/h8-14,17H,2-7H2,1H3,(H,24,26). The van der Waals surface area contributed by atoms with Gasteiger partial charge in [0, 0.05) is 11.6 Å². The number of carbonyl (C=O) groups excluding carboxylic acids is 3. The summed E-state index contributed by atoms with van der Waals surface area (Å²) in [5, 5.41) is 3.09. The number of nitrogens with one attached hydrogen (secondary N) is 1. The van der Waals surface area contributed by atoms with E-state index in [1.807, 2.05) is 19.1 Å². The molecule has 0 saturated heterocycles. The predicted molar refractivity (Wildman–Crippen MR) is 108 cm³/mol. The molecule has 1 heterocycles. The third-order valence-corrected chi connectivity index (χ3v) is 5.63. The number of hydrogen-bond donors (Lipinski definition) is 1. The third kappa shape index (κ3) is 3.44. The molecule has 1 N–H and O–H groups in total. The smallest absolute Gasteiger partial charge is 0.266 e. The van der Waals surface area contributed by atoms with E-state index in [4.69, 9.17) is 0 Å². The second-order valence-electron chi connectivity index (χ2n) is 7.70. The molecule has 4 rings (SSSR count). The van der Waals surface area contributed by atoms with Gasteiger partial charge in [-0.15, -0.1) is 0 Å². The quantitative estimate of drug-likeness (QED) is 0.643. The van der Waals surface area contributed by atoms with Gasteiger partial charge >= 0.3 is 0 Å². The van der Waals surface area contributed by atoms with Crippen LogP contribution in [0.3, 0.4) is 0 Å². The van der Waals surface area contributed by atoms with Crippen molar-refractivity contribution >= 4 is 23.4 Å². The van der Waals surface area contributed by atoms with Crippen molar-refractivity contribution in [2.24, 2.45) is 0 Å². The van der Waals surface area contributed by atoms with Crippen LogP contribution >= 0.6 is 0 Å². The van der Waals surface area contributed by atoms with Gasteiger partial charge in [0.15, 0.2) is 0 Å². The molecule has 0 spiro atoms. The summed E-state index contributed by atoms with van der Waals surface area (Å²) in [6, 6.07) is 12.2. The summed E-state index contributed by atoms with van der Waals surface area (Å²) >= 11 is 0. The molecule has 1 aliphatic carbocycles. The lowest BCUT2D eigenvalue weighted by Gasteiger charge is -2.16. The lowest BCUT2D eigenvalue weighted by molar-refractivity contribution is 0.0920. The monoisotopic (exact) mass is 376 g/mol. The van der Waals surface area contributed by atoms with Crippen molar-refractivity contribution < 1.29 is 14.4 Å². The molecule has 1 aliphatic heterocycles. The molecule has 5 heteroatoms. The number of aryl methyl sites for hydroxylation is 1. The van der Waals surface area contributed by atoms with Crippen molar-refractivity contribution in [3.8, 4) is 0 Å². The molecule has 0 bridgehead atoms. The van der Waals surface area contributed by atoms with Crippen LogP contribution in [0.1, 0.15) is 75.2 Å². The summed E-state index contributed by atoms with van der Waals surface area (Å²) < 4.78 is 0. The summed E-state index contributed by atoms with van der Waals surface area (Å²) in [6.45, 7) is 1.95. The van der Waals surface area contributed by atoms with Gasteiger partial charge in [0.25, 0.3) is 17.7 Å². The van der Waals surface area contributed by atoms with E-state index >= 15 is 0 Å². The van der Waals surface area contributed by atoms with E-state index in [1.165, 1.54) is 17.7 Å². The minimum atomic E-state index is -0.382. The zero-order valence-electron chi connectivity index (χ0n) is 16.0. The van der Waals surface area contributed by atoms with Crippen LogP contribution in [0.2, 0.25) is 0 Å². The molecule has 2 aromatic carbocycles. The van der Waals surface area contributed by atoms with Gasteiger partial charge in [0.1, 0.15) is 0 Å². The third-order valence-electron chi connectivity index (χ3n) is 5.63. The Bertz CT molecular complexity index is 925. The average molecular weight is 376 g/mol. The lowest BCUT2D eigenvalue weighted by atomic mass is 10.0. The van der Waals surface area contributed by atoms with E-state index < -0.39 is 0 Å². The first-order chi connectivity index (χ1) is 13.5. The van der Waals surface area contributed by atoms with Crippen molar-refractivity contribution in [3.63, 3.8) is 0 Å². The Labute approximate surface area is 164 Å². The van der Waals surface area contributed by atoms with Crippen LogP contribution in [-0.4, -0.2) is 23.8 Å². The zero-order chi connectivity index (χ0) is 19.7. The summed E-state index contributed by atoms with van der Waals surface area (Å²) in [4.78, 5) is 39.5. The second-order valence-corrected chi connectivity index (χ2v) is 7.70. The number of carbonyl (C=O) groups is 3. The number of nitrogens with zero attached hydrogens (tertiary/aromatic N) is 1. The molecule has 1 saturated carbocycles. The summed E-state index contributed by atoms with van der Waals surface area (Å²) in [7, 11) is 0. The van der Waals surface area contributed by atoms with Gasteiger partial charge in [-0.1, -0.05) is 43.4 Å². The molecule has 2 aliphatic rings. The molecule has 2 aromatic rings. The van der Waals surface area contributed by atoms with Crippen molar-refractivity contribution in [1.82, 2.24) is 5.32 Å². The van der Waals surface area contributed by atoms with Crippen molar-refractivity contribution in [2.45, 2.75) is 51.5 Å². The number of amides is 3. The number of rotatable bonds is 3. The Hall–Kier alpha value is -2.95. The van der Waals surface area contributed by atoms with Crippen LogP contribution in [0.25, 0.3) is 0 Å². The number of hydrogen-bond acceptors (Lipinski definition) is 3. The van der Waals surface area contributed by atoms with E-state index in [0.29, 0.717) is 22.4 Å². The van der Waals surface area contributed by atoms with E-state index in [-0.39, 0.29) is 23.8 Å². The molecule has 0 atom stereocenters. The van der Waals surface area contributed by atoms with Gasteiger partial charge in [-0.05, 0) is 50.1 Å². The van der Waals surface area contributed by atoms with Crippen LogP contribution < -0.4 is 10.2 Å². The van der Waals surface area contributed by atoms with E-state index in [1.54, 1.807) is 30.3 Å². The highest BCUT2D eigenvalue weighted by molar-refractivity contribution is 6.34. The molecule has 5 nitrogen and oxygen atoms in total. The maximum absolute atomic E-state index is 12.9. The number of anilines is 1. The van der Waals surface area contributed by atoms with Crippen LogP contribution in [0.15, 0.2) is 42.5 Å². The number of imide groups is 1. The van der Waals surface area contributed by atoms with Gasteiger partial charge in [-0.3, -0.25) is 14.4 Å². The van der Waals surface area contributed by atoms with E-state index in [0.717, 1.165) is 31.2 Å². The van der Waals surface area contributed by atoms with E-state index in [2.05, 4.69) is 5.32 Å². The minimum absolute atomic E-state index is 0.177. The first-order valence-electron chi connectivity index (χ1n) is 9.95. The fourth-order valence-electron chi connectivity index (χ4n) is 4.00. The van der Waals surface area contributed by atoms with Crippen LogP contribution in [0.5, 0.6) is 0 Å². The molecule has 0 aromatic heterocycles. The zero-order valence-corrected chi connectivity index (χ0v) is 16.0. The normalized spacial score (nSPS) is 17.4. The van der Waals surface area contributed by atoms with E-state index in [9.17, 15) is 14.4 Å². The Morgan fingerprint density at radius 1 is 0.893 bits per heavy atom. The average Bonchev–Trinajstić information content (AvgIpc) is 2.86. The predicted octanol–water partition coefficient (Wildman–Crippen LogP) is 4.25. The largest absolute Gasteiger partial charge is 0.349 e. The fourth-order valence-corrected chi connectivity index (χ4v) is 4.00. The Balaban J connectivity index is 1.56. The first kappa shape index (κ1) is 18.4. The van der Waals surface area contributed by atoms with Crippen LogP contribution in [0.4, 0.5) is 5.69 Å². The maximum Gasteiger partial charge on any atom is 0.266 e. The highest BCUT2D eigenvalue weighted by Gasteiger charge is 2.37. The van der Waals surface area contributed by atoms with Crippen molar-refractivity contribution in [2.75, 3.05) is 4.90 Å². The topological polar surface area (TPSA) is 66.5 Å². The Morgan fingerprint density at radius 3 is 2.21 bits per heavy atom. The van der Waals surface area contributed by atoms with Gasteiger partial charge in [0.05, 0.1) is 16.8 Å². The lowest BCUT2D eigenvalue weighted by Crippen LogP contribution is -2.34. The molecular formula is C23H24N2O3. The second kappa shape index (κ2) is 7.58. The molecular weight excluding hydrogens is 352 g/mol. The van der Waals surface area contributed by atoms with Crippen LogP contribution in [0, 0.1) is 6.92 Å². The maximum atomic E-state index is 12.9. The summed E-state index contributed by atoms with van der Waals surface area (Å²) in [6.07, 6.45) is 6.69. The summed E-state index contributed by atoms with van der Waals surface area (Å²) in [5.41, 5.74) is 2.66. The minimum Gasteiger partial charge on any atom is -0.349 e. The van der Waals surface area contributed by atoms with Gasteiger partial charge in [-0.2, -0.15) is 0 Å². The fraction of sp³-hybridized carbons (Fsp3) is 0.348. The number of fused-ring (bicyclic) bond motifs is 1. The highest BCUT2D eigenvalue weighted by Crippen LogP contribution is 2.29.